The second-order valence-corrected chi connectivity index (χ2v) is 7.92. The number of fused-ring (bicyclic) bond motifs is 1. The Morgan fingerprint density at radius 2 is 1.53 bits per heavy atom. The van der Waals surface area contributed by atoms with E-state index < -0.39 is 17.4 Å². The van der Waals surface area contributed by atoms with E-state index in [0.717, 1.165) is 45.8 Å². The maximum atomic E-state index is 12.6. The summed E-state index contributed by atoms with van der Waals surface area (Å²) in [6.45, 7) is 4.79. The van der Waals surface area contributed by atoms with Gasteiger partial charge in [-0.1, -0.05) is 12.1 Å². The maximum absolute atomic E-state index is 12.6. The molecule has 0 aliphatic heterocycles. The van der Waals surface area contributed by atoms with Crippen LogP contribution in [-0.4, -0.2) is 40.3 Å². The molecule has 0 amide bonds. The van der Waals surface area contributed by atoms with Crippen molar-refractivity contribution in [3.63, 3.8) is 0 Å². The predicted molar refractivity (Wildman–Crippen MR) is 115 cm³/mol. The van der Waals surface area contributed by atoms with Crippen LogP contribution in [-0.2, 0) is 38.4 Å². The van der Waals surface area contributed by atoms with E-state index in [9.17, 15) is 9.59 Å². The van der Waals surface area contributed by atoms with Gasteiger partial charge in [0.1, 0.15) is 5.75 Å². The summed E-state index contributed by atoms with van der Waals surface area (Å²) in [7, 11) is 6.31. The molecule has 1 aliphatic carbocycles. The quantitative estimate of drug-likeness (QED) is 0.536. The Balaban J connectivity index is 1.95. The van der Waals surface area contributed by atoms with E-state index in [2.05, 4.69) is 11.0 Å². The Morgan fingerprint density at radius 3 is 2.07 bits per heavy atom. The number of anilines is 1. The molecule has 0 radical (unpaired) electrons. The smallest absolute Gasteiger partial charge is 0.323 e. The molecule has 2 aromatic rings. The minimum absolute atomic E-state index is 0.290. The number of rotatable bonds is 6. The lowest BCUT2D eigenvalue weighted by Crippen LogP contribution is -2.42. The Labute approximate surface area is 177 Å². The van der Waals surface area contributed by atoms with Crippen LogP contribution in [0.25, 0.3) is 0 Å². The summed E-state index contributed by atoms with van der Waals surface area (Å²) in [6.07, 6.45) is 0.593. The molecule has 2 aromatic carbocycles. The molecular weight excluding hydrogens is 382 g/mol. The summed E-state index contributed by atoms with van der Waals surface area (Å²) in [5.74, 6) is -0.261. The lowest BCUT2D eigenvalue weighted by atomic mass is 9.84. The normalized spacial score (nSPS) is 14.1. The number of aryl methyl sites for hydroxylation is 1. The molecule has 0 N–H and O–H groups in total. The fraction of sp³-hybridized carbons (Fsp3) is 0.417. The van der Waals surface area contributed by atoms with E-state index in [1.165, 1.54) is 14.2 Å². The van der Waals surface area contributed by atoms with Crippen LogP contribution in [0.2, 0.25) is 0 Å². The van der Waals surface area contributed by atoms with Gasteiger partial charge >= 0.3 is 11.9 Å². The summed E-state index contributed by atoms with van der Waals surface area (Å²) in [4.78, 5) is 27.4. The standard InChI is InChI=1S/C24H29NO5/c1-15-11-21(25(3)14-17-7-9-18(28-4)10-8-17)16(2)20-13-24(12-19(15)20,22(26)29-5)23(27)30-6/h7-11H,12-14H2,1-6H3. The Bertz CT molecular complexity index is 949. The highest BCUT2D eigenvalue weighted by Gasteiger charge is 2.53. The predicted octanol–water partition coefficient (Wildman–Crippen LogP) is 3.38. The molecule has 0 spiro atoms. The van der Waals surface area contributed by atoms with Gasteiger partial charge in [0, 0.05) is 32.1 Å². The van der Waals surface area contributed by atoms with Crippen molar-refractivity contribution in [2.24, 2.45) is 5.41 Å². The number of carbonyl (C=O) groups is 2. The van der Waals surface area contributed by atoms with Gasteiger partial charge in [-0.2, -0.15) is 0 Å². The van der Waals surface area contributed by atoms with Crippen LogP contribution in [0.4, 0.5) is 5.69 Å². The van der Waals surface area contributed by atoms with Crippen molar-refractivity contribution in [3.05, 3.63) is 58.1 Å². The average molecular weight is 411 g/mol. The SMILES string of the molecule is COC(=O)C1(C(=O)OC)Cc2c(C)cc(N(C)Cc3ccc(OC)cc3)c(C)c2C1. The van der Waals surface area contributed by atoms with Gasteiger partial charge in [-0.05, 0) is 59.9 Å². The lowest BCUT2D eigenvalue weighted by Gasteiger charge is -2.25. The second kappa shape index (κ2) is 8.38. The lowest BCUT2D eigenvalue weighted by molar-refractivity contribution is -0.168. The fourth-order valence-corrected chi connectivity index (χ4v) is 4.42. The van der Waals surface area contributed by atoms with E-state index >= 15 is 0 Å². The van der Waals surface area contributed by atoms with Crippen LogP contribution in [0.5, 0.6) is 5.75 Å². The third kappa shape index (κ3) is 3.62. The fourth-order valence-electron chi connectivity index (χ4n) is 4.42. The van der Waals surface area contributed by atoms with Crippen LogP contribution >= 0.6 is 0 Å². The Hall–Kier alpha value is -3.02. The van der Waals surface area contributed by atoms with Crippen molar-refractivity contribution in [1.82, 2.24) is 0 Å². The molecule has 0 fully saturated rings. The van der Waals surface area contributed by atoms with Crippen molar-refractivity contribution in [1.29, 1.82) is 0 Å². The van der Waals surface area contributed by atoms with Crippen LogP contribution in [0.15, 0.2) is 30.3 Å². The van der Waals surface area contributed by atoms with Crippen molar-refractivity contribution in [3.8, 4) is 5.75 Å². The Morgan fingerprint density at radius 1 is 0.967 bits per heavy atom. The van der Waals surface area contributed by atoms with E-state index in [0.29, 0.717) is 12.8 Å². The zero-order chi connectivity index (χ0) is 22.1. The first-order valence-corrected chi connectivity index (χ1v) is 9.90. The van der Waals surface area contributed by atoms with Gasteiger partial charge in [-0.15, -0.1) is 0 Å². The van der Waals surface area contributed by atoms with E-state index in [1.54, 1.807) is 7.11 Å². The molecule has 3 rings (SSSR count). The van der Waals surface area contributed by atoms with Crippen LogP contribution in [0.3, 0.4) is 0 Å². The largest absolute Gasteiger partial charge is 0.497 e. The molecule has 1 aliphatic rings. The molecule has 0 aromatic heterocycles. The van der Waals surface area contributed by atoms with Gasteiger partial charge in [-0.25, -0.2) is 0 Å². The highest BCUT2D eigenvalue weighted by molar-refractivity contribution is 6.02. The number of nitrogens with zero attached hydrogens (tertiary/aromatic N) is 1. The summed E-state index contributed by atoms with van der Waals surface area (Å²) < 4.78 is 15.2. The summed E-state index contributed by atoms with van der Waals surface area (Å²) in [6, 6.07) is 10.1. The topological polar surface area (TPSA) is 65.1 Å². The third-order valence-corrected chi connectivity index (χ3v) is 6.13. The zero-order valence-electron chi connectivity index (χ0n) is 18.5. The molecule has 0 saturated carbocycles. The van der Waals surface area contributed by atoms with Crippen LogP contribution in [0.1, 0.15) is 27.8 Å². The minimum atomic E-state index is -1.31. The number of benzene rings is 2. The molecule has 0 heterocycles. The number of hydrogen-bond acceptors (Lipinski definition) is 6. The molecular formula is C24H29NO5. The monoisotopic (exact) mass is 411 g/mol. The average Bonchev–Trinajstić information content (AvgIpc) is 3.18. The van der Waals surface area contributed by atoms with Gasteiger partial charge in [0.2, 0.25) is 0 Å². The molecule has 160 valence electrons. The number of methoxy groups -OCH3 is 3. The highest BCUT2D eigenvalue weighted by Crippen LogP contribution is 2.44. The molecule has 0 unspecified atom stereocenters. The first-order valence-electron chi connectivity index (χ1n) is 9.90. The number of ether oxygens (including phenoxy) is 3. The molecule has 6 nitrogen and oxygen atoms in total. The number of hydrogen-bond donors (Lipinski definition) is 0. The molecule has 6 heteroatoms. The van der Waals surface area contributed by atoms with Gasteiger partial charge in [0.25, 0.3) is 0 Å². The van der Waals surface area contributed by atoms with Crippen LogP contribution in [0, 0.1) is 19.3 Å². The van der Waals surface area contributed by atoms with Gasteiger partial charge in [0.15, 0.2) is 5.41 Å². The number of carbonyl (C=O) groups excluding carboxylic acids is 2. The third-order valence-electron chi connectivity index (χ3n) is 6.13. The van der Waals surface area contributed by atoms with Crippen molar-refractivity contribution < 1.29 is 23.8 Å². The van der Waals surface area contributed by atoms with Gasteiger partial charge in [-0.3, -0.25) is 9.59 Å². The van der Waals surface area contributed by atoms with Gasteiger partial charge in [0.05, 0.1) is 21.3 Å². The van der Waals surface area contributed by atoms with Crippen molar-refractivity contribution in [2.45, 2.75) is 33.2 Å². The summed E-state index contributed by atoms with van der Waals surface area (Å²) >= 11 is 0. The van der Waals surface area contributed by atoms with Crippen molar-refractivity contribution >= 4 is 17.6 Å². The zero-order valence-corrected chi connectivity index (χ0v) is 18.5. The summed E-state index contributed by atoms with van der Waals surface area (Å²) in [5.41, 5.74) is 5.12. The second-order valence-electron chi connectivity index (χ2n) is 7.92. The van der Waals surface area contributed by atoms with E-state index in [4.69, 9.17) is 14.2 Å². The first kappa shape index (κ1) is 21.7. The first-order chi connectivity index (χ1) is 14.3. The van der Waals surface area contributed by atoms with Crippen LogP contribution < -0.4 is 9.64 Å². The molecule has 0 saturated heterocycles. The summed E-state index contributed by atoms with van der Waals surface area (Å²) in [5, 5.41) is 0. The van der Waals surface area contributed by atoms with E-state index in [-0.39, 0.29) is 0 Å². The van der Waals surface area contributed by atoms with Crippen molar-refractivity contribution in [2.75, 3.05) is 33.3 Å². The maximum Gasteiger partial charge on any atom is 0.323 e. The number of esters is 2. The highest BCUT2D eigenvalue weighted by atomic mass is 16.5. The minimum Gasteiger partial charge on any atom is -0.497 e. The molecule has 0 atom stereocenters. The molecule has 0 bridgehead atoms. The Kier molecular flexibility index (Phi) is 6.06. The molecule has 30 heavy (non-hydrogen) atoms. The van der Waals surface area contributed by atoms with Gasteiger partial charge < -0.3 is 19.1 Å². The van der Waals surface area contributed by atoms with E-state index in [1.807, 2.05) is 45.2 Å².